The van der Waals surface area contributed by atoms with Gasteiger partial charge in [-0.05, 0) is 11.6 Å². The van der Waals surface area contributed by atoms with E-state index in [-0.39, 0.29) is 0 Å². The van der Waals surface area contributed by atoms with Gasteiger partial charge in [-0.15, -0.1) is 11.8 Å². The van der Waals surface area contributed by atoms with E-state index >= 15 is 0 Å². The molecule has 0 aliphatic carbocycles. The van der Waals surface area contributed by atoms with Crippen molar-refractivity contribution < 1.29 is 0 Å². The first-order valence-corrected chi connectivity index (χ1v) is 5.42. The number of nitrogens with zero attached hydrogens (tertiary/aromatic N) is 3. The number of nitrogen functional groups attached to an aromatic ring is 1. The third-order valence-electron chi connectivity index (χ3n) is 1.77. The maximum atomic E-state index is 5.49. The zero-order chi connectivity index (χ0) is 10.5. The lowest BCUT2D eigenvalue weighted by molar-refractivity contribution is 1.05. The Labute approximate surface area is 92.0 Å². The lowest BCUT2D eigenvalue weighted by atomic mass is 10.3. The van der Waals surface area contributed by atoms with Crippen molar-refractivity contribution in [2.45, 2.75) is 10.8 Å². The molecular weight excluding hydrogens is 208 g/mol. The molecule has 2 N–H and O–H groups in total. The second-order valence-electron chi connectivity index (χ2n) is 2.92. The number of aromatic nitrogens is 3. The summed E-state index contributed by atoms with van der Waals surface area (Å²) in [6.45, 7) is 0. The fourth-order valence-electron chi connectivity index (χ4n) is 1.04. The molecule has 0 amide bonds. The van der Waals surface area contributed by atoms with E-state index in [9.17, 15) is 0 Å². The van der Waals surface area contributed by atoms with Gasteiger partial charge in [0.25, 0.3) is 0 Å². The van der Waals surface area contributed by atoms with Crippen LogP contribution in [-0.4, -0.2) is 15.0 Å². The van der Waals surface area contributed by atoms with Crippen LogP contribution in [0.5, 0.6) is 0 Å². The number of nitrogens with two attached hydrogens (primary N) is 1. The molecule has 76 valence electrons. The van der Waals surface area contributed by atoms with E-state index in [1.54, 1.807) is 42.6 Å². The average Bonchev–Trinajstić information content (AvgIpc) is 2.30. The Balaban J connectivity index is 1.96. The van der Waals surface area contributed by atoms with Gasteiger partial charge in [-0.25, -0.2) is 9.97 Å². The standard InChI is InChI=1S/C10H10N4S/c11-9-2-1-8(5-14-9)7-15-10-6-12-3-4-13-10/h1-6H,7H2,(H2,11,14). The molecular formula is C10H10N4S. The molecule has 0 unspecified atom stereocenters. The van der Waals surface area contributed by atoms with E-state index in [4.69, 9.17) is 5.73 Å². The van der Waals surface area contributed by atoms with E-state index < -0.39 is 0 Å². The van der Waals surface area contributed by atoms with Gasteiger partial charge in [-0.1, -0.05) is 6.07 Å². The summed E-state index contributed by atoms with van der Waals surface area (Å²) in [4.78, 5) is 12.2. The quantitative estimate of drug-likeness (QED) is 0.795. The Morgan fingerprint density at radius 1 is 1.13 bits per heavy atom. The Kier molecular flexibility index (Phi) is 3.14. The van der Waals surface area contributed by atoms with E-state index in [1.165, 1.54) is 0 Å². The fraction of sp³-hybridized carbons (Fsp3) is 0.100. The molecule has 0 saturated carbocycles. The van der Waals surface area contributed by atoms with Crippen LogP contribution >= 0.6 is 11.8 Å². The number of hydrogen-bond acceptors (Lipinski definition) is 5. The molecule has 5 heteroatoms. The van der Waals surface area contributed by atoms with Gasteiger partial charge in [0.1, 0.15) is 10.8 Å². The summed E-state index contributed by atoms with van der Waals surface area (Å²) in [6, 6.07) is 3.76. The molecule has 4 nitrogen and oxygen atoms in total. The molecule has 0 spiro atoms. The highest BCUT2D eigenvalue weighted by Gasteiger charge is 1.97. The molecule has 0 radical (unpaired) electrons. The minimum atomic E-state index is 0.545. The second kappa shape index (κ2) is 4.75. The van der Waals surface area contributed by atoms with Crippen molar-refractivity contribution in [3.8, 4) is 0 Å². The summed E-state index contributed by atoms with van der Waals surface area (Å²) in [5.74, 6) is 1.37. The molecule has 2 heterocycles. The van der Waals surface area contributed by atoms with Crippen LogP contribution in [0.15, 0.2) is 41.9 Å². The molecule has 0 fully saturated rings. The Morgan fingerprint density at radius 2 is 2.07 bits per heavy atom. The third kappa shape index (κ3) is 2.92. The lowest BCUT2D eigenvalue weighted by Crippen LogP contribution is -1.90. The van der Waals surface area contributed by atoms with E-state index in [0.717, 1.165) is 16.3 Å². The van der Waals surface area contributed by atoms with Crippen molar-refractivity contribution in [2.75, 3.05) is 5.73 Å². The first-order valence-electron chi connectivity index (χ1n) is 4.44. The minimum absolute atomic E-state index is 0.545. The molecule has 2 aromatic rings. The monoisotopic (exact) mass is 218 g/mol. The fourth-order valence-corrected chi connectivity index (χ4v) is 1.79. The maximum Gasteiger partial charge on any atom is 0.123 e. The van der Waals surface area contributed by atoms with Crippen LogP contribution in [0.25, 0.3) is 0 Å². The summed E-state index contributed by atoms with van der Waals surface area (Å²) in [5, 5.41) is 0.911. The van der Waals surface area contributed by atoms with Gasteiger partial charge >= 0.3 is 0 Å². The molecule has 0 atom stereocenters. The van der Waals surface area contributed by atoms with E-state index in [0.29, 0.717) is 5.82 Å². The number of rotatable bonds is 3. The first kappa shape index (κ1) is 9.92. The van der Waals surface area contributed by atoms with Crippen LogP contribution in [0.1, 0.15) is 5.56 Å². The number of pyridine rings is 1. The molecule has 2 aromatic heterocycles. The van der Waals surface area contributed by atoms with Gasteiger partial charge in [0.15, 0.2) is 0 Å². The van der Waals surface area contributed by atoms with Crippen molar-refractivity contribution in [1.29, 1.82) is 0 Å². The summed E-state index contributed by atoms with van der Waals surface area (Å²) < 4.78 is 0. The highest BCUT2D eigenvalue weighted by atomic mass is 32.2. The van der Waals surface area contributed by atoms with Crippen LogP contribution in [0.2, 0.25) is 0 Å². The zero-order valence-electron chi connectivity index (χ0n) is 8.00. The molecule has 0 aliphatic rings. The lowest BCUT2D eigenvalue weighted by Gasteiger charge is -2.00. The van der Waals surface area contributed by atoms with Crippen LogP contribution in [0.3, 0.4) is 0 Å². The van der Waals surface area contributed by atoms with Crippen molar-refractivity contribution in [3.63, 3.8) is 0 Å². The summed E-state index contributed by atoms with van der Waals surface area (Å²) >= 11 is 1.62. The Hall–Kier alpha value is -1.62. The molecule has 0 saturated heterocycles. The minimum Gasteiger partial charge on any atom is -0.384 e. The van der Waals surface area contributed by atoms with Crippen molar-refractivity contribution in [1.82, 2.24) is 15.0 Å². The second-order valence-corrected chi connectivity index (χ2v) is 3.92. The molecule has 0 bridgehead atoms. The van der Waals surface area contributed by atoms with Crippen LogP contribution in [0, 0.1) is 0 Å². The van der Waals surface area contributed by atoms with E-state index in [1.807, 2.05) is 6.07 Å². The molecule has 0 aliphatic heterocycles. The first-order chi connectivity index (χ1) is 7.34. The van der Waals surface area contributed by atoms with E-state index in [2.05, 4.69) is 15.0 Å². The van der Waals surface area contributed by atoms with Gasteiger partial charge in [0.2, 0.25) is 0 Å². The Bertz CT molecular complexity index is 415. The van der Waals surface area contributed by atoms with Gasteiger partial charge in [-0.3, -0.25) is 4.98 Å². The highest BCUT2D eigenvalue weighted by molar-refractivity contribution is 7.98. The normalized spacial score (nSPS) is 10.1. The zero-order valence-corrected chi connectivity index (χ0v) is 8.81. The van der Waals surface area contributed by atoms with Gasteiger partial charge in [-0.2, -0.15) is 0 Å². The topological polar surface area (TPSA) is 64.7 Å². The SMILES string of the molecule is Nc1ccc(CSc2cnccn2)cn1. The molecule has 0 aromatic carbocycles. The van der Waals surface area contributed by atoms with Crippen molar-refractivity contribution in [3.05, 3.63) is 42.5 Å². The van der Waals surface area contributed by atoms with Crippen molar-refractivity contribution in [2.24, 2.45) is 0 Å². The van der Waals surface area contributed by atoms with Crippen molar-refractivity contribution >= 4 is 17.6 Å². The summed E-state index contributed by atoms with van der Waals surface area (Å²) in [7, 11) is 0. The van der Waals surface area contributed by atoms with Gasteiger partial charge < -0.3 is 5.73 Å². The average molecular weight is 218 g/mol. The van der Waals surface area contributed by atoms with Crippen LogP contribution in [0.4, 0.5) is 5.82 Å². The molecule has 15 heavy (non-hydrogen) atoms. The summed E-state index contributed by atoms with van der Waals surface area (Å²) in [5.41, 5.74) is 6.62. The van der Waals surface area contributed by atoms with Gasteiger partial charge in [0.05, 0.1) is 6.20 Å². The smallest absolute Gasteiger partial charge is 0.123 e. The van der Waals surface area contributed by atoms with Crippen LogP contribution in [-0.2, 0) is 5.75 Å². The number of thioether (sulfide) groups is 1. The van der Waals surface area contributed by atoms with Crippen LogP contribution < -0.4 is 5.73 Å². The third-order valence-corrected chi connectivity index (χ3v) is 2.76. The highest BCUT2D eigenvalue weighted by Crippen LogP contribution is 2.19. The predicted molar refractivity (Wildman–Crippen MR) is 60.2 cm³/mol. The predicted octanol–water partition coefficient (Wildman–Crippen LogP) is 1.75. The number of anilines is 1. The molecule has 2 rings (SSSR count). The Morgan fingerprint density at radius 3 is 2.73 bits per heavy atom. The number of hydrogen-bond donors (Lipinski definition) is 1. The maximum absolute atomic E-state index is 5.49. The largest absolute Gasteiger partial charge is 0.384 e. The van der Waals surface area contributed by atoms with Gasteiger partial charge in [0, 0.05) is 24.3 Å². The summed E-state index contributed by atoms with van der Waals surface area (Å²) in [6.07, 6.45) is 6.87.